The summed E-state index contributed by atoms with van der Waals surface area (Å²) in [6.07, 6.45) is 5.17. The predicted octanol–water partition coefficient (Wildman–Crippen LogP) is 2.50. The molecule has 7 heteroatoms. The van der Waals surface area contributed by atoms with Crippen molar-refractivity contribution in [1.29, 1.82) is 0 Å². The van der Waals surface area contributed by atoms with Crippen LogP contribution in [-0.2, 0) is 0 Å². The third-order valence-electron chi connectivity index (χ3n) is 4.16. The van der Waals surface area contributed by atoms with Crippen molar-refractivity contribution in [2.24, 2.45) is 0 Å². The van der Waals surface area contributed by atoms with Gasteiger partial charge in [0.25, 0.3) is 11.8 Å². The number of anilines is 1. The lowest BCUT2D eigenvalue weighted by atomic mass is 10.1. The highest BCUT2D eigenvalue weighted by atomic mass is 16.2. The molecular weight excluding hydrogens is 354 g/mol. The molecule has 0 aliphatic carbocycles. The lowest BCUT2D eigenvalue weighted by Gasteiger charge is -2.10. The van der Waals surface area contributed by atoms with E-state index in [0.29, 0.717) is 16.9 Å². The molecule has 2 N–H and O–H groups in total. The normalized spacial score (nSPS) is 10.2. The minimum absolute atomic E-state index is 0.102. The van der Waals surface area contributed by atoms with E-state index in [1.807, 2.05) is 31.2 Å². The lowest BCUT2D eigenvalue weighted by Crippen LogP contribution is -2.25. The third-order valence-corrected chi connectivity index (χ3v) is 4.16. The molecule has 0 fully saturated rings. The number of carbonyl (C=O) groups excluding carboxylic acids is 2. The molecule has 0 unspecified atom stereocenters. The summed E-state index contributed by atoms with van der Waals surface area (Å²) >= 11 is 0. The average molecular weight is 373 g/mol. The highest BCUT2D eigenvalue weighted by molar-refractivity contribution is 6.08. The first-order chi connectivity index (χ1) is 13.5. The number of nitrogens with zero attached hydrogens (tertiary/aromatic N) is 3. The quantitative estimate of drug-likeness (QED) is 0.673. The van der Waals surface area contributed by atoms with Crippen molar-refractivity contribution in [2.45, 2.75) is 13.8 Å². The number of terminal acetylenes is 1. The summed E-state index contributed by atoms with van der Waals surface area (Å²) in [5.74, 6) is 1.53. The van der Waals surface area contributed by atoms with E-state index in [4.69, 9.17) is 6.42 Å². The van der Waals surface area contributed by atoms with Gasteiger partial charge in [0.1, 0.15) is 0 Å². The first-order valence-electron chi connectivity index (χ1n) is 8.62. The highest BCUT2D eigenvalue weighted by Gasteiger charge is 2.19. The molecule has 0 saturated heterocycles. The molecule has 3 rings (SSSR count). The van der Waals surface area contributed by atoms with E-state index in [1.165, 1.54) is 0 Å². The molecule has 0 bridgehead atoms. The van der Waals surface area contributed by atoms with Gasteiger partial charge in [0.05, 0.1) is 29.2 Å². The van der Waals surface area contributed by atoms with E-state index >= 15 is 0 Å². The van der Waals surface area contributed by atoms with Gasteiger partial charge in [0, 0.05) is 0 Å². The number of hydrogen-bond acceptors (Lipinski definition) is 4. The summed E-state index contributed by atoms with van der Waals surface area (Å²) in [7, 11) is 0. The second kappa shape index (κ2) is 8.18. The smallest absolute Gasteiger partial charge is 0.278 e. The Kier molecular flexibility index (Phi) is 5.51. The van der Waals surface area contributed by atoms with Crippen molar-refractivity contribution in [2.75, 3.05) is 11.9 Å². The molecule has 2 aromatic carbocycles. The van der Waals surface area contributed by atoms with Crippen LogP contribution in [0.15, 0.2) is 48.5 Å². The number of aryl methyl sites for hydroxylation is 1. The Balaban J connectivity index is 1.84. The number of rotatable bonds is 5. The maximum Gasteiger partial charge on any atom is 0.278 e. The fraction of sp³-hybridized carbons (Fsp3) is 0.143. The van der Waals surface area contributed by atoms with Crippen molar-refractivity contribution in [3.05, 3.63) is 71.0 Å². The van der Waals surface area contributed by atoms with Crippen LogP contribution in [0.25, 0.3) is 5.69 Å². The second-order valence-corrected chi connectivity index (χ2v) is 6.16. The number of carbonyl (C=O) groups is 2. The van der Waals surface area contributed by atoms with E-state index in [0.717, 1.165) is 11.3 Å². The number of benzene rings is 2. The summed E-state index contributed by atoms with van der Waals surface area (Å²) in [6, 6.07) is 14.4. The molecule has 1 aromatic heterocycles. The van der Waals surface area contributed by atoms with Gasteiger partial charge in [-0.1, -0.05) is 41.0 Å². The van der Waals surface area contributed by atoms with Crippen molar-refractivity contribution in [1.82, 2.24) is 20.3 Å². The summed E-state index contributed by atoms with van der Waals surface area (Å²) in [6.45, 7) is 3.86. The fourth-order valence-electron chi connectivity index (χ4n) is 2.67. The molecule has 3 aromatic rings. The van der Waals surface area contributed by atoms with Gasteiger partial charge >= 0.3 is 0 Å². The van der Waals surface area contributed by atoms with Crippen molar-refractivity contribution in [3.63, 3.8) is 0 Å². The molecular formula is C21H19N5O2. The topological polar surface area (TPSA) is 88.9 Å². The molecule has 140 valence electrons. The summed E-state index contributed by atoms with van der Waals surface area (Å²) < 4.78 is 1.60. The molecule has 0 spiro atoms. The Morgan fingerprint density at radius 2 is 1.79 bits per heavy atom. The van der Waals surface area contributed by atoms with E-state index in [9.17, 15) is 9.59 Å². The van der Waals surface area contributed by atoms with Crippen molar-refractivity contribution >= 4 is 17.5 Å². The van der Waals surface area contributed by atoms with Gasteiger partial charge in [-0.15, -0.1) is 11.5 Å². The van der Waals surface area contributed by atoms with Crippen LogP contribution in [0.3, 0.4) is 0 Å². The number of amides is 2. The molecule has 7 nitrogen and oxygen atoms in total. The zero-order valence-electron chi connectivity index (χ0n) is 15.6. The van der Waals surface area contributed by atoms with Crippen LogP contribution in [0.2, 0.25) is 0 Å². The Morgan fingerprint density at radius 3 is 2.50 bits per heavy atom. The Labute approximate surface area is 162 Å². The highest BCUT2D eigenvalue weighted by Crippen LogP contribution is 2.18. The van der Waals surface area contributed by atoms with Gasteiger partial charge < -0.3 is 10.6 Å². The number of para-hydroxylation sites is 1. The molecule has 2 amide bonds. The van der Waals surface area contributed by atoms with Crippen LogP contribution in [0.5, 0.6) is 0 Å². The number of nitrogens with one attached hydrogen (secondary N) is 2. The van der Waals surface area contributed by atoms with E-state index < -0.39 is 5.91 Å². The zero-order valence-corrected chi connectivity index (χ0v) is 15.6. The predicted molar refractivity (Wildman–Crippen MR) is 106 cm³/mol. The molecule has 0 radical (unpaired) electrons. The Bertz CT molecular complexity index is 1060. The second-order valence-electron chi connectivity index (χ2n) is 6.16. The average Bonchev–Trinajstić information content (AvgIpc) is 3.08. The molecule has 0 saturated carbocycles. The van der Waals surface area contributed by atoms with Gasteiger partial charge in [0.2, 0.25) is 0 Å². The first kappa shape index (κ1) is 18.9. The minimum atomic E-state index is -0.451. The number of hydrogen-bond donors (Lipinski definition) is 2. The van der Waals surface area contributed by atoms with Crippen molar-refractivity contribution < 1.29 is 9.59 Å². The molecule has 0 atom stereocenters. The van der Waals surface area contributed by atoms with Crippen LogP contribution in [0.1, 0.15) is 32.1 Å². The van der Waals surface area contributed by atoms with Crippen LogP contribution < -0.4 is 10.6 Å². The standard InChI is InChI=1S/C21H19N5O2/c1-4-13-22-20(27)17-7-5-6-8-18(17)23-21(28)19-15(3)26(25-24-19)16-11-9-14(2)10-12-16/h1,5-12H,13H2,2-3H3,(H,22,27)(H,23,28). The molecule has 28 heavy (non-hydrogen) atoms. The lowest BCUT2D eigenvalue weighted by molar-refractivity contribution is 0.0959. The van der Waals surface area contributed by atoms with Gasteiger partial charge in [0.15, 0.2) is 5.69 Å². The van der Waals surface area contributed by atoms with Crippen LogP contribution >= 0.6 is 0 Å². The summed E-state index contributed by atoms with van der Waals surface area (Å²) in [5.41, 5.74) is 3.39. The van der Waals surface area contributed by atoms with E-state index in [1.54, 1.807) is 35.9 Å². The maximum absolute atomic E-state index is 12.7. The van der Waals surface area contributed by atoms with Crippen LogP contribution in [0, 0.1) is 26.2 Å². The Hall–Kier alpha value is -3.92. The van der Waals surface area contributed by atoms with Crippen molar-refractivity contribution in [3.8, 4) is 18.0 Å². The zero-order chi connectivity index (χ0) is 20.1. The van der Waals surface area contributed by atoms with Gasteiger partial charge in [-0.05, 0) is 38.1 Å². The third kappa shape index (κ3) is 3.91. The monoisotopic (exact) mass is 373 g/mol. The SMILES string of the molecule is C#CCNC(=O)c1ccccc1NC(=O)c1nnn(-c2ccc(C)cc2)c1C. The fourth-order valence-corrected chi connectivity index (χ4v) is 2.67. The molecule has 0 aliphatic heterocycles. The summed E-state index contributed by atoms with van der Waals surface area (Å²) in [5, 5.41) is 13.4. The number of aromatic nitrogens is 3. The summed E-state index contributed by atoms with van der Waals surface area (Å²) in [4.78, 5) is 25.0. The van der Waals surface area contributed by atoms with Gasteiger partial charge in [-0.2, -0.15) is 0 Å². The van der Waals surface area contributed by atoms with E-state index in [-0.39, 0.29) is 18.1 Å². The largest absolute Gasteiger partial charge is 0.341 e. The minimum Gasteiger partial charge on any atom is -0.341 e. The maximum atomic E-state index is 12.7. The molecule has 0 aliphatic rings. The van der Waals surface area contributed by atoms with Gasteiger partial charge in [-0.3, -0.25) is 9.59 Å². The molecule has 1 heterocycles. The van der Waals surface area contributed by atoms with Gasteiger partial charge in [-0.25, -0.2) is 4.68 Å². The van der Waals surface area contributed by atoms with E-state index in [2.05, 4.69) is 26.9 Å². The first-order valence-corrected chi connectivity index (χ1v) is 8.62. The van der Waals surface area contributed by atoms with Crippen LogP contribution in [0.4, 0.5) is 5.69 Å². The Morgan fingerprint density at radius 1 is 1.07 bits per heavy atom. The van der Waals surface area contributed by atoms with Crippen LogP contribution in [-0.4, -0.2) is 33.4 Å².